The van der Waals surface area contributed by atoms with Gasteiger partial charge in [0.1, 0.15) is 0 Å². The molecule has 0 aliphatic rings. The van der Waals surface area contributed by atoms with Gasteiger partial charge in [-0.2, -0.15) is 11.3 Å². The summed E-state index contributed by atoms with van der Waals surface area (Å²) in [7, 11) is 0. The molecule has 0 saturated carbocycles. The first-order chi connectivity index (χ1) is 6.70. The summed E-state index contributed by atoms with van der Waals surface area (Å²) in [5.74, 6) is 0.609. The maximum Gasteiger partial charge on any atom is 0.0359 e. The summed E-state index contributed by atoms with van der Waals surface area (Å²) in [5, 5.41) is 4.74. The summed E-state index contributed by atoms with van der Waals surface area (Å²) in [6.07, 6.45) is 4.89. The van der Waals surface area contributed by atoms with Gasteiger partial charge in [-0.25, -0.2) is 0 Å². The van der Waals surface area contributed by atoms with Crippen LogP contribution in [0, 0.1) is 5.92 Å². The number of hydrogen-bond donors (Lipinski definition) is 0. The van der Waals surface area contributed by atoms with Crippen molar-refractivity contribution in [3.05, 3.63) is 22.4 Å². The van der Waals surface area contributed by atoms with Crippen LogP contribution in [0.3, 0.4) is 0 Å². The van der Waals surface area contributed by atoms with E-state index in [0.717, 1.165) is 6.42 Å². The number of rotatable bonds is 6. The Kier molecular flexibility index (Phi) is 5.57. The molecule has 0 aromatic carbocycles. The lowest BCUT2D eigenvalue weighted by Gasteiger charge is -2.12. The van der Waals surface area contributed by atoms with Crippen LogP contribution in [0.4, 0.5) is 0 Å². The average molecular weight is 231 g/mol. The fourth-order valence-electron chi connectivity index (χ4n) is 1.44. The SMILES string of the molecule is CC(C)C(Cl)CCCCc1ccsc1. The van der Waals surface area contributed by atoms with E-state index in [1.54, 1.807) is 11.3 Å². The van der Waals surface area contributed by atoms with E-state index < -0.39 is 0 Å². The van der Waals surface area contributed by atoms with E-state index in [0.29, 0.717) is 11.3 Å². The van der Waals surface area contributed by atoms with Crippen molar-refractivity contribution in [3.8, 4) is 0 Å². The molecule has 1 unspecified atom stereocenters. The molecule has 0 saturated heterocycles. The van der Waals surface area contributed by atoms with Gasteiger partial charge in [0.05, 0.1) is 0 Å². The second-order valence-corrected chi connectivity index (χ2v) is 5.48. The van der Waals surface area contributed by atoms with Crippen molar-refractivity contribution in [3.63, 3.8) is 0 Å². The van der Waals surface area contributed by atoms with E-state index in [1.165, 1.54) is 24.8 Å². The summed E-state index contributed by atoms with van der Waals surface area (Å²) in [4.78, 5) is 0. The Morgan fingerprint density at radius 3 is 2.71 bits per heavy atom. The van der Waals surface area contributed by atoms with Crippen LogP contribution in [0.5, 0.6) is 0 Å². The molecule has 1 rings (SSSR count). The van der Waals surface area contributed by atoms with Crippen molar-refractivity contribution < 1.29 is 0 Å². The highest BCUT2D eigenvalue weighted by Crippen LogP contribution is 2.18. The Morgan fingerprint density at radius 1 is 1.36 bits per heavy atom. The number of thiophene rings is 1. The minimum atomic E-state index is 0.359. The first kappa shape index (κ1) is 12.1. The van der Waals surface area contributed by atoms with E-state index in [-0.39, 0.29) is 0 Å². The molecule has 0 nitrogen and oxygen atoms in total. The molecule has 80 valence electrons. The fraction of sp³-hybridized carbons (Fsp3) is 0.667. The van der Waals surface area contributed by atoms with Crippen molar-refractivity contribution in [2.75, 3.05) is 0 Å². The summed E-state index contributed by atoms with van der Waals surface area (Å²) in [6, 6.07) is 2.21. The van der Waals surface area contributed by atoms with Gasteiger partial charge in [0.25, 0.3) is 0 Å². The van der Waals surface area contributed by atoms with Crippen molar-refractivity contribution in [1.29, 1.82) is 0 Å². The highest BCUT2D eigenvalue weighted by atomic mass is 35.5. The molecular formula is C12H19ClS. The highest BCUT2D eigenvalue weighted by molar-refractivity contribution is 7.07. The normalized spacial score (nSPS) is 13.4. The van der Waals surface area contributed by atoms with Gasteiger partial charge in [0, 0.05) is 5.38 Å². The molecule has 0 aliphatic carbocycles. The first-order valence-electron chi connectivity index (χ1n) is 5.35. The molecule has 2 heteroatoms. The van der Waals surface area contributed by atoms with Gasteiger partial charge >= 0.3 is 0 Å². The molecule has 0 spiro atoms. The predicted molar refractivity (Wildman–Crippen MR) is 66.4 cm³/mol. The maximum absolute atomic E-state index is 6.18. The lowest BCUT2D eigenvalue weighted by atomic mass is 10.0. The van der Waals surface area contributed by atoms with Crippen LogP contribution in [0.25, 0.3) is 0 Å². The van der Waals surface area contributed by atoms with Gasteiger partial charge in [0.15, 0.2) is 0 Å². The van der Waals surface area contributed by atoms with Gasteiger partial charge in [-0.05, 0) is 47.6 Å². The Bertz CT molecular complexity index is 228. The maximum atomic E-state index is 6.18. The van der Waals surface area contributed by atoms with Crippen LogP contribution >= 0.6 is 22.9 Å². The van der Waals surface area contributed by atoms with Crippen LogP contribution in [-0.4, -0.2) is 5.38 Å². The number of hydrogen-bond acceptors (Lipinski definition) is 1. The Hall–Kier alpha value is -0.0100. The lowest BCUT2D eigenvalue weighted by molar-refractivity contribution is 0.536. The molecule has 0 bridgehead atoms. The monoisotopic (exact) mass is 230 g/mol. The van der Waals surface area contributed by atoms with Crippen molar-refractivity contribution in [2.45, 2.75) is 44.9 Å². The Morgan fingerprint density at radius 2 is 2.14 bits per heavy atom. The minimum Gasteiger partial charge on any atom is -0.152 e. The van der Waals surface area contributed by atoms with Gasteiger partial charge < -0.3 is 0 Å². The third-order valence-electron chi connectivity index (χ3n) is 2.50. The zero-order valence-electron chi connectivity index (χ0n) is 9.00. The Balaban J connectivity index is 2.05. The molecule has 0 fully saturated rings. The predicted octanol–water partition coefficient (Wildman–Crippen LogP) is 4.72. The second kappa shape index (κ2) is 6.47. The van der Waals surface area contributed by atoms with E-state index >= 15 is 0 Å². The van der Waals surface area contributed by atoms with Crippen molar-refractivity contribution in [1.82, 2.24) is 0 Å². The van der Waals surface area contributed by atoms with Crippen molar-refractivity contribution >= 4 is 22.9 Å². The molecule has 1 aromatic heterocycles. The number of unbranched alkanes of at least 4 members (excludes halogenated alkanes) is 1. The number of halogens is 1. The highest BCUT2D eigenvalue weighted by Gasteiger charge is 2.08. The molecule has 1 atom stereocenters. The zero-order chi connectivity index (χ0) is 10.4. The quantitative estimate of drug-likeness (QED) is 0.490. The molecule has 0 radical (unpaired) electrons. The van der Waals surface area contributed by atoms with E-state index in [4.69, 9.17) is 11.6 Å². The van der Waals surface area contributed by atoms with Crippen LogP contribution in [0.1, 0.15) is 38.7 Å². The van der Waals surface area contributed by atoms with Crippen LogP contribution < -0.4 is 0 Å². The van der Waals surface area contributed by atoms with Gasteiger partial charge in [-0.3, -0.25) is 0 Å². The first-order valence-corrected chi connectivity index (χ1v) is 6.73. The largest absolute Gasteiger partial charge is 0.152 e. The third kappa shape index (κ3) is 4.47. The molecule has 0 N–H and O–H groups in total. The van der Waals surface area contributed by atoms with E-state index in [1.807, 2.05) is 0 Å². The van der Waals surface area contributed by atoms with Crippen LogP contribution in [0.2, 0.25) is 0 Å². The van der Waals surface area contributed by atoms with Gasteiger partial charge in [0.2, 0.25) is 0 Å². The molecular weight excluding hydrogens is 212 g/mol. The Labute approximate surface area is 96.3 Å². The number of alkyl halides is 1. The molecule has 14 heavy (non-hydrogen) atoms. The molecule has 1 aromatic rings. The summed E-state index contributed by atoms with van der Waals surface area (Å²) in [6.45, 7) is 4.38. The smallest absolute Gasteiger partial charge is 0.0359 e. The molecule has 1 heterocycles. The topological polar surface area (TPSA) is 0 Å². The summed E-state index contributed by atoms with van der Waals surface area (Å²) >= 11 is 7.96. The van der Waals surface area contributed by atoms with Crippen LogP contribution in [0.15, 0.2) is 16.8 Å². The second-order valence-electron chi connectivity index (χ2n) is 4.14. The van der Waals surface area contributed by atoms with E-state index in [9.17, 15) is 0 Å². The van der Waals surface area contributed by atoms with Gasteiger partial charge in [-0.1, -0.05) is 20.3 Å². The van der Waals surface area contributed by atoms with E-state index in [2.05, 4.69) is 30.7 Å². The zero-order valence-corrected chi connectivity index (χ0v) is 10.6. The average Bonchev–Trinajstić information content (AvgIpc) is 2.64. The lowest BCUT2D eigenvalue weighted by Crippen LogP contribution is -2.07. The van der Waals surface area contributed by atoms with Crippen LogP contribution in [-0.2, 0) is 6.42 Å². The fourth-order valence-corrected chi connectivity index (χ4v) is 2.29. The number of aryl methyl sites for hydroxylation is 1. The molecule has 0 aliphatic heterocycles. The standard InChI is InChI=1S/C12H19ClS/c1-10(2)12(13)6-4-3-5-11-7-8-14-9-11/h7-10,12H,3-6H2,1-2H3. The molecule has 0 amide bonds. The summed E-state index contributed by atoms with van der Waals surface area (Å²) in [5.41, 5.74) is 1.48. The third-order valence-corrected chi connectivity index (χ3v) is 3.95. The summed E-state index contributed by atoms with van der Waals surface area (Å²) < 4.78 is 0. The minimum absolute atomic E-state index is 0.359. The van der Waals surface area contributed by atoms with Crippen molar-refractivity contribution in [2.24, 2.45) is 5.92 Å². The van der Waals surface area contributed by atoms with Gasteiger partial charge in [-0.15, -0.1) is 11.6 Å².